The number of halogens is 2. The van der Waals surface area contributed by atoms with Crippen molar-refractivity contribution in [1.29, 1.82) is 0 Å². The lowest BCUT2D eigenvalue weighted by molar-refractivity contribution is 0.382. The summed E-state index contributed by atoms with van der Waals surface area (Å²) in [6.45, 7) is 1.26. The van der Waals surface area contributed by atoms with E-state index in [2.05, 4.69) is 0 Å². The second-order valence-electron chi connectivity index (χ2n) is 7.08. The molecule has 31 heavy (non-hydrogen) atoms. The number of rotatable bonds is 6. The Labute approximate surface area is 183 Å². The highest BCUT2D eigenvalue weighted by atomic mass is 32.2. The molecule has 0 N–H and O–H groups in total. The molecular weight excluding hydrogens is 444 g/mol. The first kappa shape index (κ1) is 21.7. The average molecular weight is 466 g/mol. The molecule has 10 heteroatoms. The third-order valence-corrected chi connectivity index (χ3v) is 8.01. The Morgan fingerprint density at radius 3 is 2.55 bits per heavy atom. The standard InChI is InChI=1S/C21H21F2N3O3S2/c1-29-19-5-3-2-4-15(19)12-17-14-30-21(24-17)25-8-10-26(11-9-25)31(27,28)20-7-6-16(22)13-18(20)23/h2-7,13-14H,8-12H2,1H3. The molecule has 0 unspecified atom stereocenters. The number of hydrogen-bond donors (Lipinski definition) is 0. The van der Waals surface area contributed by atoms with E-state index >= 15 is 0 Å². The van der Waals surface area contributed by atoms with Crippen LogP contribution in [0, 0.1) is 11.6 Å². The van der Waals surface area contributed by atoms with Crippen LogP contribution in [-0.2, 0) is 16.4 Å². The maximum atomic E-state index is 14.0. The van der Waals surface area contributed by atoms with E-state index in [9.17, 15) is 17.2 Å². The molecule has 0 spiro atoms. The lowest BCUT2D eigenvalue weighted by Gasteiger charge is -2.33. The first-order chi connectivity index (χ1) is 14.9. The van der Waals surface area contributed by atoms with Crippen molar-refractivity contribution in [3.8, 4) is 5.75 Å². The van der Waals surface area contributed by atoms with Crippen LogP contribution in [0.15, 0.2) is 52.7 Å². The monoisotopic (exact) mass is 465 g/mol. The molecule has 2 heterocycles. The fraction of sp³-hybridized carbons (Fsp3) is 0.286. The number of nitrogens with zero attached hydrogens (tertiary/aromatic N) is 3. The first-order valence-corrected chi connectivity index (χ1v) is 12.0. The van der Waals surface area contributed by atoms with Crippen LogP contribution in [0.25, 0.3) is 0 Å². The Morgan fingerprint density at radius 1 is 1.10 bits per heavy atom. The zero-order valence-electron chi connectivity index (χ0n) is 16.8. The number of anilines is 1. The van der Waals surface area contributed by atoms with Gasteiger partial charge in [-0.25, -0.2) is 22.2 Å². The molecule has 4 rings (SSSR count). The van der Waals surface area contributed by atoms with E-state index in [4.69, 9.17) is 9.72 Å². The summed E-state index contributed by atoms with van der Waals surface area (Å²) in [5.41, 5.74) is 1.95. The van der Waals surface area contributed by atoms with E-state index < -0.39 is 26.6 Å². The highest BCUT2D eigenvalue weighted by Gasteiger charge is 2.31. The minimum atomic E-state index is -4.02. The Bertz CT molecular complexity index is 1180. The number of ether oxygens (including phenoxy) is 1. The van der Waals surface area contributed by atoms with Gasteiger partial charge >= 0.3 is 0 Å². The number of para-hydroxylation sites is 1. The van der Waals surface area contributed by atoms with Crippen LogP contribution in [0.5, 0.6) is 5.75 Å². The van der Waals surface area contributed by atoms with Crippen LogP contribution in [-0.4, -0.2) is 51.0 Å². The number of sulfonamides is 1. The summed E-state index contributed by atoms with van der Waals surface area (Å²) in [6.07, 6.45) is 0.638. The smallest absolute Gasteiger partial charge is 0.246 e. The molecule has 2 aromatic carbocycles. The van der Waals surface area contributed by atoms with Gasteiger partial charge in [-0.1, -0.05) is 18.2 Å². The molecule has 1 aliphatic heterocycles. The van der Waals surface area contributed by atoms with Gasteiger partial charge in [0.25, 0.3) is 0 Å². The van der Waals surface area contributed by atoms with E-state index in [-0.39, 0.29) is 13.1 Å². The van der Waals surface area contributed by atoms with Gasteiger partial charge in [-0.3, -0.25) is 0 Å². The summed E-state index contributed by atoms with van der Waals surface area (Å²) >= 11 is 1.50. The quantitative estimate of drug-likeness (QED) is 0.557. The van der Waals surface area contributed by atoms with Crippen molar-refractivity contribution in [1.82, 2.24) is 9.29 Å². The minimum absolute atomic E-state index is 0.195. The minimum Gasteiger partial charge on any atom is -0.496 e. The molecule has 3 aromatic rings. The zero-order valence-corrected chi connectivity index (χ0v) is 18.4. The number of methoxy groups -OCH3 is 1. The van der Waals surface area contributed by atoms with Crippen molar-refractivity contribution in [2.75, 3.05) is 38.2 Å². The molecule has 0 radical (unpaired) electrons. The Morgan fingerprint density at radius 2 is 1.84 bits per heavy atom. The van der Waals surface area contributed by atoms with Crippen molar-refractivity contribution in [3.05, 3.63) is 70.7 Å². The van der Waals surface area contributed by atoms with Gasteiger partial charge in [-0.15, -0.1) is 11.3 Å². The summed E-state index contributed by atoms with van der Waals surface area (Å²) in [5, 5.41) is 2.80. The van der Waals surface area contributed by atoms with Gasteiger partial charge in [0.1, 0.15) is 22.3 Å². The third kappa shape index (κ3) is 4.56. The summed E-state index contributed by atoms with van der Waals surface area (Å²) < 4.78 is 59.3. The topological polar surface area (TPSA) is 62.7 Å². The summed E-state index contributed by atoms with van der Waals surface area (Å²) in [6, 6.07) is 10.3. The lowest BCUT2D eigenvalue weighted by Crippen LogP contribution is -2.48. The number of piperazine rings is 1. The third-order valence-electron chi connectivity index (χ3n) is 5.12. The van der Waals surface area contributed by atoms with E-state index in [1.54, 1.807) is 7.11 Å². The normalized spacial score (nSPS) is 15.3. The van der Waals surface area contributed by atoms with Gasteiger partial charge in [0.2, 0.25) is 10.0 Å². The van der Waals surface area contributed by atoms with Crippen molar-refractivity contribution in [2.45, 2.75) is 11.3 Å². The molecule has 6 nitrogen and oxygen atoms in total. The molecule has 1 aromatic heterocycles. The van der Waals surface area contributed by atoms with E-state index in [0.717, 1.165) is 34.3 Å². The molecule has 0 atom stereocenters. The van der Waals surface area contributed by atoms with Gasteiger partial charge in [-0.2, -0.15) is 4.31 Å². The molecule has 1 aliphatic rings. The van der Waals surface area contributed by atoms with Gasteiger partial charge in [0.05, 0.1) is 12.8 Å². The number of benzene rings is 2. The van der Waals surface area contributed by atoms with Crippen LogP contribution in [0.2, 0.25) is 0 Å². The van der Waals surface area contributed by atoms with Crippen molar-refractivity contribution in [2.24, 2.45) is 0 Å². The molecular formula is C21H21F2N3O3S2. The lowest BCUT2D eigenvalue weighted by atomic mass is 10.1. The van der Waals surface area contributed by atoms with Crippen LogP contribution < -0.4 is 9.64 Å². The van der Waals surface area contributed by atoms with Crippen molar-refractivity contribution >= 4 is 26.5 Å². The van der Waals surface area contributed by atoms with E-state index in [0.29, 0.717) is 25.6 Å². The fourth-order valence-corrected chi connectivity index (χ4v) is 5.86. The van der Waals surface area contributed by atoms with Gasteiger partial charge < -0.3 is 9.64 Å². The highest BCUT2D eigenvalue weighted by molar-refractivity contribution is 7.89. The summed E-state index contributed by atoms with van der Waals surface area (Å²) in [7, 11) is -2.39. The second kappa shape index (κ2) is 8.89. The van der Waals surface area contributed by atoms with E-state index in [1.165, 1.54) is 15.6 Å². The predicted molar refractivity (Wildman–Crippen MR) is 115 cm³/mol. The number of thiazole rings is 1. The first-order valence-electron chi connectivity index (χ1n) is 9.65. The number of hydrogen-bond acceptors (Lipinski definition) is 6. The second-order valence-corrected chi connectivity index (χ2v) is 9.82. The molecule has 0 bridgehead atoms. The van der Waals surface area contributed by atoms with Crippen LogP contribution in [0.4, 0.5) is 13.9 Å². The van der Waals surface area contributed by atoms with Crippen molar-refractivity contribution < 1.29 is 21.9 Å². The van der Waals surface area contributed by atoms with Gasteiger partial charge in [0.15, 0.2) is 5.13 Å². The molecule has 1 saturated heterocycles. The van der Waals surface area contributed by atoms with Gasteiger partial charge in [0, 0.05) is 49.6 Å². The fourth-order valence-electron chi connectivity index (χ4n) is 3.51. The van der Waals surface area contributed by atoms with Gasteiger partial charge in [-0.05, 0) is 18.2 Å². The van der Waals surface area contributed by atoms with Crippen LogP contribution >= 0.6 is 11.3 Å². The average Bonchev–Trinajstić information content (AvgIpc) is 3.22. The highest BCUT2D eigenvalue weighted by Crippen LogP contribution is 2.27. The van der Waals surface area contributed by atoms with Crippen molar-refractivity contribution in [3.63, 3.8) is 0 Å². The Balaban J connectivity index is 1.42. The largest absolute Gasteiger partial charge is 0.496 e. The molecule has 0 aliphatic carbocycles. The SMILES string of the molecule is COc1ccccc1Cc1csc(N2CCN(S(=O)(=O)c3ccc(F)cc3F)CC2)n1. The molecule has 0 amide bonds. The summed E-state index contributed by atoms with van der Waals surface area (Å²) in [5.74, 6) is -1.08. The van der Waals surface area contributed by atoms with Crippen LogP contribution in [0.3, 0.4) is 0 Å². The molecule has 164 valence electrons. The Kier molecular flexibility index (Phi) is 6.22. The number of aromatic nitrogens is 1. The predicted octanol–water partition coefficient (Wildman–Crippen LogP) is 3.53. The zero-order chi connectivity index (χ0) is 22.0. The summed E-state index contributed by atoms with van der Waals surface area (Å²) in [4.78, 5) is 6.21. The maximum absolute atomic E-state index is 14.0. The maximum Gasteiger partial charge on any atom is 0.246 e. The van der Waals surface area contributed by atoms with Crippen LogP contribution in [0.1, 0.15) is 11.3 Å². The van der Waals surface area contributed by atoms with E-state index in [1.807, 2.05) is 34.5 Å². The molecule has 0 saturated carbocycles. The Hall–Kier alpha value is -2.56. The molecule has 1 fully saturated rings.